The summed E-state index contributed by atoms with van der Waals surface area (Å²) in [4.78, 5) is 9.14. The topological polar surface area (TPSA) is 126 Å². The Kier molecular flexibility index (Phi) is 5.28. The van der Waals surface area contributed by atoms with Gasteiger partial charge in [-0.2, -0.15) is 0 Å². The summed E-state index contributed by atoms with van der Waals surface area (Å²) in [7, 11) is -3.75. The Hall–Kier alpha value is -2.14. The molecule has 4 N–H and O–H groups in total. The molecule has 0 aliphatic carbocycles. The molecule has 1 unspecified atom stereocenters. The van der Waals surface area contributed by atoms with Gasteiger partial charge in [-0.1, -0.05) is 24.3 Å². The van der Waals surface area contributed by atoms with Gasteiger partial charge in [0, 0.05) is 18.5 Å². The Morgan fingerprint density at radius 2 is 2.10 bits per heavy atom. The Labute approximate surface area is 173 Å². The van der Waals surface area contributed by atoms with Crippen molar-refractivity contribution >= 4 is 49.5 Å². The molecular formula is C19H23N5O3S2. The normalized spacial score (nSPS) is 19.5. The van der Waals surface area contributed by atoms with Crippen LogP contribution in [0.1, 0.15) is 25.6 Å². The number of sulfonamides is 1. The molecule has 0 saturated heterocycles. The molecule has 10 heteroatoms. The van der Waals surface area contributed by atoms with Crippen molar-refractivity contribution in [3.63, 3.8) is 0 Å². The van der Waals surface area contributed by atoms with Crippen molar-refractivity contribution in [2.75, 3.05) is 12.3 Å². The summed E-state index contributed by atoms with van der Waals surface area (Å²) in [6.07, 6.45) is 2.57. The van der Waals surface area contributed by atoms with Gasteiger partial charge in [0.2, 0.25) is 10.0 Å². The predicted octanol–water partition coefficient (Wildman–Crippen LogP) is 2.73. The lowest BCUT2D eigenvalue weighted by atomic mass is 10.1. The monoisotopic (exact) mass is 433 g/mol. The Morgan fingerprint density at radius 3 is 2.79 bits per heavy atom. The van der Waals surface area contributed by atoms with Gasteiger partial charge in [-0.3, -0.25) is 0 Å². The van der Waals surface area contributed by atoms with Crippen LogP contribution in [-0.4, -0.2) is 33.6 Å². The molecule has 0 amide bonds. The number of ether oxygens (including phenoxy) is 1. The van der Waals surface area contributed by atoms with Crippen LogP contribution in [0.4, 0.5) is 5.82 Å². The van der Waals surface area contributed by atoms with Crippen LogP contribution in [0, 0.1) is 0 Å². The first-order valence-corrected chi connectivity index (χ1v) is 11.7. The second-order valence-electron chi connectivity index (χ2n) is 6.93. The van der Waals surface area contributed by atoms with Gasteiger partial charge < -0.3 is 15.0 Å². The number of primary sulfonamides is 1. The Balaban J connectivity index is 1.85. The number of allylic oxidation sites excluding steroid dienone is 1. The third kappa shape index (κ3) is 3.50. The van der Waals surface area contributed by atoms with Crippen LogP contribution >= 0.6 is 11.8 Å². The minimum absolute atomic E-state index is 0.298. The molecule has 1 aliphatic heterocycles. The minimum atomic E-state index is -3.75. The zero-order chi connectivity index (χ0) is 20.6. The zero-order valence-corrected chi connectivity index (χ0v) is 17.7. The number of imidazole rings is 1. The van der Waals surface area contributed by atoms with Crippen molar-refractivity contribution in [3.05, 3.63) is 41.6 Å². The number of hydrogen-bond donors (Lipinski definition) is 2. The van der Waals surface area contributed by atoms with Crippen molar-refractivity contribution in [2.24, 2.45) is 5.14 Å². The number of rotatable bonds is 7. The van der Waals surface area contributed by atoms with Gasteiger partial charge in [0.05, 0.1) is 11.0 Å². The summed E-state index contributed by atoms with van der Waals surface area (Å²) in [5.74, 6) is 1.03. The first-order valence-electron chi connectivity index (χ1n) is 9.32. The molecular weight excluding hydrogens is 410 g/mol. The molecule has 1 aliphatic rings. The van der Waals surface area contributed by atoms with Gasteiger partial charge in [0.15, 0.2) is 5.82 Å². The van der Waals surface area contributed by atoms with Gasteiger partial charge in [-0.05, 0) is 31.2 Å². The van der Waals surface area contributed by atoms with Gasteiger partial charge >= 0.3 is 0 Å². The van der Waals surface area contributed by atoms with Crippen molar-refractivity contribution < 1.29 is 13.2 Å². The summed E-state index contributed by atoms with van der Waals surface area (Å²) in [5, 5.41) is 8.30. The van der Waals surface area contributed by atoms with Crippen LogP contribution in [0.2, 0.25) is 0 Å². The highest BCUT2D eigenvalue weighted by Gasteiger charge is 2.43. The molecule has 0 saturated carbocycles. The molecule has 154 valence electrons. The van der Waals surface area contributed by atoms with Crippen LogP contribution < -0.4 is 10.9 Å². The number of anilines is 1. The smallest absolute Gasteiger partial charge is 0.224 e. The van der Waals surface area contributed by atoms with E-state index in [0.717, 1.165) is 16.4 Å². The quantitative estimate of drug-likeness (QED) is 0.586. The zero-order valence-electron chi connectivity index (χ0n) is 16.0. The molecule has 0 bridgehead atoms. The molecule has 0 fully saturated rings. The average Bonchev–Trinajstić information content (AvgIpc) is 3.30. The van der Waals surface area contributed by atoms with E-state index in [-0.39, 0.29) is 0 Å². The molecule has 1 aromatic carbocycles. The van der Waals surface area contributed by atoms with Crippen LogP contribution in [0.25, 0.3) is 21.9 Å². The van der Waals surface area contributed by atoms with E-state index in [1.165, 1.54) is 11.8 Å². The number of nitrogens with zero attached hydrogens (tertiary/aromatic N) is 3. The number of para-hydroxylation sites is 1. The average molecular weight is 434 g/mol. The maximum atomic E-state index is 12.3. The highest BCUT2D eigenvalue weighted by Crippen LogP contribution is 2.43. The highest BCUT2D eigenvalue weighted by atomic mass is 32.3. The lowest BCUT2D eigenvalue weighted by molar-refractivity contribution is 0.126. The Bertz CT molecular complexity index is 1200. The van der Waals surface area contributed by atoms with E-state index in [1.807, 2.05) is 41.8 Å². The molecule has 0 spiro atoms. The van der Waals surface area contributed by atoms with Crippen LogP contribution in [0.5, 0.6) is 0 Å². The fourth-order valence-electron chi connectivity index (χ4n) is 3.67. The van der Waals surface area contributed by atoms with E-state index in [2.05, 4.69) is 9.97 Å². The van der Waals surface area contributed by atoms with E-state index < -0.39 is 14.1 Å². The fourth-order valence-corrected chi connectivity index (χ4v) is 5.92. The number of aromatic nitrogens is 3. The largest absolute Gasteiger partial charge is 0.382 e. The lowest BCUT2D eigenvalue weighted by Gasteiger charge is -2.26. The number of nitrogen functional groups attached to an aromatic ring is 1. The Morgan fingerprint density at radius 1 is 1.31 bits per heavy atom. The van der Waals surface area contributed by atoms with Crippen molar-refractivity contribution in [2.45, 2.75) is 37.0 Å². The number of thioether (sulfide) groups is 1. The SMILES string of the molecule is CCOCc1nc2c(N)nc3ccccc3c2n1CCC1(S(N)(=O)=O)CC=CS1. The number of pyridine rings is 1. The van der Waals surface area contributed by atoms with Gasteiger partial charge in [-0.25, -0.2) is 23.5 Å². The lowest BCUT2D eigenvalue weighted by Crippen LogP contribution is -2.39. The molecule has 4 rings (SSSR count). The second-order valence-corrected chi connectivity index (χ2v) is 10.3. The molecule has 0 radical (unpaired) electrons. The number of nitrogens with two attached hydrogens (primary N) is 2. The molecule has 1 atom stereocenters. The number of aryl methyl sites for hydroxylation is 1. The minimum Gasteiger partial charge on any atom is -0.382 e. The van der Waals surface area contributed by atoms with Gasteiger partial charge in [-0.15, -0.1) is 11.8 Å². The van der Waals surface area contributed by atoms with Crippen molar-refractivity contribution in [3.8, 4) is 0 Å². The fraction of sp³-hybridized carbons (Fsp3) is 0.368. The maximum absolute atomic E-state index is 12.3. The third-order valence-electron chi connectivity index (χ3n) is 5.17. The first kappa shape index (κ1) is 20.1. The maximum Gasteiger partial charge on any atom is 0.224 e. The standard InChI is InChI=1S/C19H23N5O3S2/c1-2-27-12-15-23-16-17(13-6-3-4-7-14(13)22-18(16)20)24(15)10-9-19(29(21,25)26)8-5-11-28-19/h3-7,11H,2,8-10,12H2,1H3,(H2,20,22)(H2,21,25,26). The number of hydrogen-bond acceptors (Lipinski definition) is 7. The molecule has 8 nitrogen and oxygen atoms in total. The number of fused-ring (bicyclic) bond motifs is 3. The third-order valence-corrected chi connectivity index (χ3v) is 8.69. The molecule has 3 aromatic rings. The molecule has 29 heavy (non-hydrogen) atoms. The van der Waals surface area contributed by atoms with E-state index >= 15 is 0 Å². The summed E-state index contributed by atoms with van der Waals surface area (Å²) in [5.41, 5.74) is 8.39. The predicted molar refractivity (Wildman–Crippen MR) is 117 cm³/mol. The van der Waals surface area contributed by atoms with E-state index in [4.69, 9.17) is 15.6 Å². The van der Waals surface area contributed by atoms with Crippen molar-refractivity contribution in [1.82, 2.24) is 14.5 Å². The number of benzene rings is 1. The summed E-state index contributed by atoms with van der Waals surface area (Å²) >= 11 is 1.26. The molecule has 3 heterocycles. The van der Waals surface area contributed by atoms with Crippen LogP contribution in [0.15, 0.2) is 35.7 Å². The highest BCUT2D eigenvalue weighted by molar-refractivity contribution is 8.15. The van der Waals surface area contributed by atoms with Crippen LogP contribution in [0.3, 0.4) is 0 Å². The van der Waals surface area contributed by atoms with Crippen molar-refractivity contribution in [1.29, 1.82) is 0 Å². The van der Waals surface area contributed by atoms with Crippen LogP contribution in [-0.2, 0) is 27.9 Å². The summed E-state index contributed by atoms with van der Waals surface area (Å²) in [6.45, 7) is 3.16. The van der Waals surface area contributed by atoms with E-state index in [9.17, 15) is 8.42 Å². The van der Waals surface area contributed by atoms with E-state index in [1.54, 1.807) is 5.41 Å². The first-order chi connectivity index (χ1) is 13.9. The van der Waals surface area contributed by atoms with E-state index in [0.29, 0.717) is 49.8 Å². The molecule has 2 aromatic heterocycles. The summed E-state index contributed by atoms with van der Waals surface area (Å²) in [6, 6.07) is 7.70. The van der Waals surface area contributed by atoms with Gasteiger partial charge in [0.25, 0.3) is 0 Å². The summed E-state index contributed by atoms with van der Waals surface area (Å²) < 4.78 is 31.2. The van der Waals surface area contributed by atoms with Gasteiger partial charge in [0.1, 0.15) is 22.0 Å². The second kappa shape index (κ2) is 7.60.